The van der Waals surface area contributed by atoms with Gasteiger partial charge in [0.1, 0.15) is 5.92 Å². The van der Waals surface area contributed by atoms with Crippen LogP contribution in [0.3, 0.4) is 0 Å². The lowest BCUT2D eigenvalue weighted by Gasteiger charge is -2.24. The van der Waals surface area contributed by atoms with Crippen LogP contribution in [-0.2, 0) is 4.79 Å². The molecular weight excluding hydrogens is 280 g/mol. The second-order valence-corrected chi connectivity index (χ2v) is 6.44. The van der Waals surface area contributed by atoms with Crippen LogP contribution in [0.1, 0.15) is 44.6 Å². The highest BCUT2D eigenvalue weighted by Gasteiger charge is 2.34. The average Bonchev–Trinajstić information content (AvgIpc) is 2.80. The smallest absolute Gasteiger partial charge is 0.234 e. The largest absolute Gasteiger partial charge is 0.392 e. The Hall–Kier alpha value is -1.42. The van der Waals surface area contributed by atoms with Gasteiger partial charge in [-0.1, -0.05) is 62.8 Å². The van der Waals surface area contributed by atoms with Crippen LogP contribution in [0.25, 0.3) is 0 Å². The molecule has 0 bridgehead atoms. The molecule has 0 heterocycles. The highest BCUT2D eigenvalue weighted by Crippen LogP contribution is 2.34. The Morgan fingerprint density at radius 1 is 1.38 bits per heavy atom. The summed E-state index contributed by atoms with van der Waals surface area (Å²) in [5.41, 5.74) is 6.66. The summed E-state index contributed by atoms with van der Waals surface area (Å²) in [6.07, 6.45) is 3.40. The first-order valence-corrected chi connectivity index (χ1v) is 8.10. The van der Waals surface area contributed by atoms with Gasteiger partial charge in [0.05, 0.1) is 4.99 Å². The Balaban J connectivity index is 2.09. The van der Waals surface area contributed by atoms with E-state index in [-0.39, 0.29) is 16.9 Å². The van der Waals surface area contributed by atoms with Crippen LogP contribution in [-0.4, -0.2) is 16.9 Å². The third-order valence-corrected chi connectivity index (χ3v) is 4.99. The molecule has 0 aliphatic heterocycles. The summed E-state index contributed by atoms with van der Waals surface area (Å²) in [4.78, 5) is 12.8. The zero-order valence-corrected chi connectivity index (χ0v) is 13.5. The third-order valence-electron chi connectivity index (χ3n) is 4.76. The first-order chi connectivity index (χ1) is 10.0. The summed E-state index contributed by atoms with van der Waals surface area (Å²) in [6, 6.07) is 9.76. The first kappa shape index (κ1) is 16.0. The number of carbonyl (C=O) groups is 1. The van der Waals surface area contributed by atoms with E-state index in [1.807, 2.05) is 30.3 Å². The summed E-state index contributed by atoms with van der Waals surface area (Å²) in [7, 11) is 0. The van der Waals surface area contributed by atoms with Gasteiger partial charge in [-0.25, -0.2) is 0 Å². The second kappa shape index (κ2) is 7.03. The molecule has 114 valence electrons. The SMILES string of the molecule is CCC1CCC(NC(=O)C(C(N)=S)c2ccccc2)C1C. The van der Waals surface area contributed by atoms with Crippen molar-refractivity contribution in [2.24, 2.45) is 17.6 Å². The Morgan fingerprint density at radius 2 is 2.05 bits per heavy atom. The van der Waals surface area contributed by atoms with Gasteiger partial charge >= 0.3 is 0 Å². The van der Waals surface area contributed by atoms with Crippen molar-refractivity contribution in [2.45, 2.75) is 45.1 Å². The molecule has 2 rings (SSSR count). The van der Waals surface area contributed by atoms with Crippen LogP contribution in [0.2, 0.25) is 0 Å². The molecule has 1 amide bonds. The monoisotopic (exact) mass is 304 g/mol. The van der Waals surface area contributed by atoms with E-state index in [1.165, 1.54) is 12.8 Å². The first-order valence-electron chi connectivity index (χ1n) is 7.69. The molecule has 4 unspecified atom stereocenters. The molecule has 1 saturated carbocycles. The van der Waals surface area contributed by atoms with Gasteiger partial charge in [-0.2, -0.15) is 0 Å². The Kier molecular flexibility index (Phi) is 5.34. The normalized spacial score (nSPS) is 26.3. The highest BCUT2D eigenvalue weighted by atomic mass is 32.1. The van der Waals surface area contributed by atoms with E-state index >= 15 is 0 Å². The van der Waals surface area contributed by atoms with Gasteiger partial charge in [-0.15, -0.1) is 0 Å². The minimum atomic E-state index is -0.533. The van der Waals surface area contributed by atoms with E-state index < -0.39 is 5.92 Å². The molecule has 21 heavy (non-hydrogen) atoms. The maximum absolute atomic E-state index is 12.6. The molecule has 0 spiro atoms. The van der Waals surface area contributed by atoms with Crippen LogP contribution >= 0.6 is 12.2 Å². The van der Waals surface area contributed by atoms with Gasteiger partial charge < -0.3 is 11.1 Å². The lowest BCUT2D eigenvalue weighted by Crippen LogP contribution is -2.43. The van der Waals surface area contributed by atoms with Crippen molar-refractivity contribution >= 4 is 23.1 Å². The van der Waals surface area contributed by atoms with Crippen molar-refractivity contribution in [3.8, 4) is 0 Å². The molecule has 1 aliphatic carbocycles. The average molecular weight is 304 g/mol. The van der Waals surface area contributed by atoms with Crippen LogP contribution < -0.4 is 11.1 Å². The van der Waals surface area contributed by atoms with E-state index in [2.05, 4.69) is 19.2 Å². The van der Waals surface area contributed by atoms with Crippen molar-refractivity contribution in [3.05, 3.63) is 35.9 Å². The van der Waals surface area contributed by atoms with Crippen molar-refractivity contribution in [1.29, 1.82) is 0 Å². The van der Waals surface area contributed by atoms with Gasteiger partial charge in [-0.05, 0) is 30.2 Å². The van der Waals surface area contributed by atoms with Crippen molar-refractivity contribution in [3.63, 3.8) is 0 Å². The summed E-state index contributed by atoms with van der Waals surface area (Å²) in [5.74, 6) is 0.619. The summed E-state index contributed by atoms with van der Waals surface area (Å²) < 4.78 is 0. The van der Waals surface area contributed by atoms with Gasteiger partial charge in [0.15, 0.2) is 0 Å². The maximum Gasteiger partial charge on any atom is 0.234 e. The summed E-state index contributed by atoms with van der Waals surface area (Å²) in [5, 5.41) is 3.17. The lowest BCUT2D eigenvalue weighted by atomic mass is 9.92. The fourth-order valence-corrected chi connectivity index (χ4v) is 3.63. The number of hydrogen-bond acceptors (Lipinski definition) is 2. The second-order valence-electron chi connectivity index (χ2n) is 5.97. The van der Waals surface area contributed by atoms with Crippen molar-refractivity contribution in [2.75, 3.05) is 0 Å². The quantitative estimate of drug-likeness (QED) is 0.822. The van der Waals surface area contributed by atoms with Gasteiger partial charge in [-0.3, -0.25) is 4.79 Å². The molecule has 1 aliphatic rings. The van der Waals surface area contributed by atoms with E-state index in [1.54, 1.807) is 0 Å². The topological polar surface area (TPSA) is 55.1 Å². The molecule has 1 aromatic rings. The predicted octanol–water partition coefficient (Wildman–Crippen LogP) is 3.00. The van der Waals surface area contributed by atoms with Crippen molar-refractivity contribution in [1.82, 2.24) is 5.32 Å². The highest BCUT2D eigenvalue weighted by molar-refractivity contribution is 7.80. The molecule has 0 saturated heterocycles. The molecule has 0 radical (unpaired) electrons. The Labute approximate surface area is 132 Å². The van der Waals surface area contributed by atoms with Crippen LogP contribution in [0, 0.1) is 11.8 Å². The standard InChI is InChI=1S/C17H24N2OS/c1-3-12-9-10-14(11(12)2)19-17(20)15(16(18)21)13-7-5-4-6-8-13/h4-8,11-12,14-15H,3,9-10H2,1-2H3,(H2,18,21)(H,19,20). The molecule has 1 fully saturated rings. The predicted molar refractivity (Wildman–Crippen MR) is 90.1 cm³/mol. The fraction of sp³-hybridized carbons (Fsp3) is 0.529. The number of carbonyl (C=O) groups excluding carboxylic acids is 1. The number of rotatable bonds is 5. The molecule has 3 N–H and O–H groups in total. The molecular formula is C17H24N2OS. The van der Waals surface area contributed by atoms with Gasteiger partial charge in [0, 0.05) is 6.04 Å². The zero-order chi connectivity index (χ0) is 15.4. The zero-order valence-electron chi connectivity index (χ0n) is 12.7. The molecule has 1 aromatic carbocycles. The number of thiocarbonyl (C=S) groups is 1. The van der Waals surface area contributed by atoms with E-state index in [0.29, 0.717) is 11.8 Å². The number of nitrogens with two attached hydrogens (primary N) is 1. The number of benzene rings is 1. The summed E-state index contributed by atoms with van der Waals surface area (Å²) >= 11 is 5.11. The molecule has 0 aromatic heterocycles. The number of amides is 1. The van der Waals surface area contributed by atoms with Crippen LogP contribution in [0.4, 0.5) is 0 Å². The van der Waals surface area contributed by atoms with E-state index in [0.717, 1.165) is 12.0 Å². The van der Waals surface area contributed by atoms with Gasteiger partial charge in [0.2, 0.25) is 5.91 Å². The van der Waals surface area contributed by atoms with Gasteiger partial charge in [0.25, 0.3) is 0 Å². The molecule has 4 atom stereocenters. The van der Waals surface area contributed by atoms with Crippen molar-refractivity contribution < 1.29 is 4.79 Å². The Bertz CT molecular complexity index is 503. The maximum atomic E-state index is 12.6. The third kappa shape index (κ3) is 3.62. The number of nitrogens with one attached hydrogen (secondary N) is 1. The van der Waals surface area contributed by atoms with E-state index in [4.69, 9.17) is 18.0 Å². The Morgan fingerprint density at radius 3 is 2.57 bits per heavy atom. The van der Waals surface area contributed by atoms with Crippen LogP contribution in [0.5, 0.6) is 0 Å². The lowest BCUT2D eigenvalue weighted by molar-refractivity contribution is -0.122. The van der Waals surface area contributed by atoms with E-state index in [9.17, 15) is 4.79 Å². The molecule has 3 nitrogen and oxygen atoms in total. The molecule has 4 heteroatoms. The minimum Gasteiger partial charge on any atom is -0.392 e. The fourth-order valence-electron chi connectivity index (χ4n) is 3.38. The number of hydrogen-bond donors (Lipinski definition) is 2. The minimum absolute atomic E-state index is 0.0673. The van der Waals surface area contributed by atoms with Crippen LogP contribution in [0.15, 0.2) is 30.3 Å². The summed E-state index contributed by atoms with van der Waals surface area (Å²) in [6.45, 7) is 4.44.